The lowest BCUT2D eigenvalue weighted by atomic mass is 9.86. The number of rotatable bonds is 5. The van der Waals surface area contributed by atoms with Gasteiger partial charge in [-0.15, -0.1) is 0 Å². The Kier molecular flexibility index (Phi) is 11.4. The Balaban J connectivity index is 0.000000116. The molecule has 0 spiro atoms. The van der Waals surface area contributed by atoms with Gasteiger partial charge in [-0.25, -0.2) is 0 Å². The van der Waals surface area contributed by atoms with E-state index in [-0.39, 0.29) is 117 Å². The normalized spacial score (nSPS) is 34.8. The summed E-state index contributed by atoms with van der Waals surface area (Å²) in [6, 6.07) is -14.7. The van der Waals surface area contributed by atoms with Gasteiger partial charge in [0, 0.05) is 168 Å². The van der Waals surface area contributed by atoms with Gasteiger partial charge in [0.05, 0.1) is 111 Å². The van der Waals surface area contributed by atoms with Gasteiger partial charge in [0.15, 0.2) is 57.5 Å². The molecule has 15 aliphatic rings. The molecule has 10 aromatic carbocycles. The van der Waals surface area contributed by atoms with Crippen molar-refractivity contribution in [3.63, 3.8) is 0 Å². The number of aromatic amines is 5. The quantitative estimate of drug-likeness (QED) is 0.107. The van der Waals surface area contributed by atoms with Crippen LogP contribution in [0.1, 0.15) is 186 Å². The average molecular weight is 2000 g/mol. The third kappa shape index (κ3) is 14.2. The number of piperazine rings is 5. The van der Waals surface area contributed by atoms with Crippen LogP contribution in [0.5, 0.6) is 57.5 Å². The minimum absolute atomic E-state index is 0.0316. The predicted octanol–water partition coefficient (Wildman–Crippen LogP) is 11.1. The Bertz CT molecular complexity index is 11100. The number of fused-ring (bicyclic) bond motifs is 25. The SMILES string of the molecule is [2H]C([2H])([2H])N1C(=O)[C@]2([2H])N(C(=O)C1([2H])[2H])C(c1ccc3c(c1)OCO3)c1[nH]c3ccccc3c1C2([2H])[2H].[2H]c1c([2H])c(C2c3[nH]c4c([2H])c([2H])c([2H])c([2H])c4c3C([2H])([2H])[C@]3([2H])C(=O)N(C)C([2H])([2H])C(=O)N23)c([2H])c2c1OC([2H])([2H])O2.[2H]c1c([2H])c(C2c3[nH]c4c([2H])c([2H])c([2H])c([2H])c4c3C([2H])([2H])[C@]3([2H])C(=O)N(C)C([2H])([2H])C(=O)N23)c([2H])c2c1OCO2.[2H]c1c([2H])c(C2c3[nH]c4ccccc4c3C([2H])([2H])[C@]3([2H])C(=O)N(C)C([2H])([2H])C(=O)N23)c([2H])c2c1OC([2H])([2H])O2.[2H]c1c([2H])c(C2c3[nH]c4ccccc4c3C([2H])([2H])[C@]3([2H])C(=O)N(C)C([2H])([2H])C(=O)N23)c([2H])c2c1OCO2. The molecule has 30 rings (SSSR count). The molecule has 730 valence electrons. The number of likely N-dealkylation sites (N-methyl/N-ethyl adjacent to an activating group) is 5. The van der Waals surface area contributed by atoms with Gasteiger partial charge in [-0.05, 0) is 146 Å². The maximum atomic E-state index is 13.9. The molecule has 0 saturated carbocycles. The number of carbonyl (C=O) groups excluding carboxylic acids is 10. The van der Waals surface area contributed by atoms with Crippen LogP contribution in [0.4, 0.5) is 0 Å². The number of nitrogens with one attached hydrogen (secondary N) is 5. The van der Waals surface area contributed by atoms with Gasteiger partial charge in [-0.3, -0.25) is 47.9 Å². The molecule has 5 fully saturated rings. The second-order valence-corrected chi connectivity index (χ2v) is 33.4. The molecule has 0 bridgehead atoms. The standard InChI is InChI=1S/5C22H19N3O4/c5*1-24-10-19(26)25-16(22(24)27)9-14-13-4-2-3-5-15(13)23-20(14)21(25)12-6-7-17-18(8-12)29-11-28-17/h5*2-8,16,21,23H,9-11H2,1H3/t5*16-,21?/m11111/s1/i2D,3D,4D,5D,6D,7D,8D,9D2,10D2,11D2,16D;2D,3D,4D,5D,6D,7D,8D,9D2,10D2,16D;6D,7D,8D,9D2,10D2,11D2,16D;6D,7D,8D,9D2,10D2,16D;1D3,9D2,10D2,16D. The van der Waals surface area contributed by atoms with Crippen molar-refractivity contribution in [3.8, 4) is 57.5 Å². The summed E-state index contributed by atoms with van der Waals surface area (Å²) in [4.78, 5) is 155. The smallest absolute Gasteiger partial charge is 0.245 e. The van der Waals surface area contributed by atoms with Gasteiger partial charge in [0.1, 0.15) is 35.6 Å². The van der Waals surface area contributed by atoms with E-state index in [0.717, 1.165) is 28.2 Å². The number of hydrogen-bond acceptors (Lipinski definition) is 20. The fourth-order valence-electron chi connectivity index (χ4n) is 18.8. The third-order valence-corrected chi connectivity index (χ3v) is 25.3. The fraction of sp³-hybridized carbons (Fsp3) is 0.273. The summed E-state index contributed by atoms with van der Waals surface area (Å²) in [6.07, 6.45) is -15.2. The molecule has 15 aromatic rings. The molecule has 5 unspecified atom stereocenters. The lowest BCUT2D eigenvalue weighted by molar-refractivity contribution is -0.157. The maximum Gasteiger partial charge on any atom is 0.245 e. The number of H-pyrrole nitrogens is 5. The van der Waals surface area contributed by atoms with Crippen molar-refractivity contribution in [3.05, 3.63) is 296 Å². The minimum atomic E-state index is -3.46. The highest BCUT2D eigenvalue weighted by Gasteiger charge is 2.55. The number of benzene rings is 10. The zero-order valence-corrected chi connectivity index (χ0v) is 74.3. The van der Waals surface area contributed by atoms with Crippen molar-refractivity contribution in [2.45, 2.75) is 92.2 Å². The number of amides is 10. The summed E-state index contributed by atoms with van der Waals surface area (Å²) < 4.78 is 496. The van der Waals surface area contributed by atoms with Gasteiger partial charge < -0.3 is 121 Å². The molecule has 145 heavy (non-hydrogen) atoms. The first-order valence-corrected chi connectivity index (χ1v) is 43.5. The van der Waals surface area contributed by atoms with Crippen LogP contribution in [-0.4, -0.2) is 265 Å². The van der Waals surface area contributed by atoms with Gasteiger partial charge in [0.2, 0.25) is 92.9 Å². The van der Waals surface area contributed by atoms with Crippen LogP contribution in [0, 0.1) is 0 Å². The molecule has 10 amide bonds. The highest BCUT2D eigenvalue weighted by Crippen LogP contribution is 2.53. The van der Waals surface area contributed by atoms with Crippen LogP contribution >= 0.6 is 0 Å². The van der Waals surface area contributed by atoms with Crippen molar-refractivity contribution in [1.29, 1.82) is 0 Å². The zero-order chi connectivity index (χ0) is 145. The van der Waals surface area contributed by atoms with Crippen LogP contribution < -0.4 is 47.4 Å². The molecule has 15 aliphatic heterocycles. The molecule has 20 heterocycles. The number of carbonyl (C=O) groups is 10. The number of nitrogens with zero attached hydrogens (tertiary/aromatic N) is 10. The maximum absolute atomic E-state index is 13.9. The summed E-state index contributed by atoms with van der Waals surface area (Å²) in [5.41, 5.74) is -3.96. The van der Waals surface area contributed by atoms with Crippen LogP contribution in [0.15, 0.2) is 212 Å². The van der Waals surface area contributed by atoms with E-state index >= 15 is 0 Å². The Morgan fingerprint density at radius 1 is 0.283 bits per heavy atom. The summed E-state index contributed by atoms with van der Waals surface area (Å²) in [7, 11) is 3.65. The molecule has 0 aliphatic carbocycles. The Morgan fingerprint density at radius 3 is 0.903 bits per heavy atom. The topological polar surface area (TPSA) is 374 Å². The predicted molar refractivity (Wildman–Crippen MR) is 523 cm³/mol. The average Bonchev–Trinajstić information content (AvgIpc) is 1.19. The molecule has 5 saturated heterocycles. The number of aromatic nitrogens is 5. The Morgan fingerprint density at radius 2 is 0.552 bits per heavy atom. The first-order chi connectivity index (χ1) is 91.0. The monoisotopic (exact) mass is 2000 g/mol. The van der Waals surface area contributed by atoms with Crippen molar-refractivity contribution in [1.82, 2.24) is 73.9 Å². The first kappa shape index (κ1) is 48.9. The number of ether oxygens (including phenoxy) is 10. The zero-order valence-electron chi connectivity index (χ0n) is 126. The van der Waals surface area contributed by atoms with E-state index in [0.29, 0.717) is 63.3 Å². The second-order valence-electron chi connectivity index (χ2n) is 33.4. The summed E-state index contributed by atoms with van der Waals surface area (Å²) in [5, 5.41) is 0.00843. The van der Waals surface area contributed by atoms with Gasteiger partial charge in [-0.2, -0.15) is 0 Å². The van der Waals surface area contributed by atoms with E-state index in [2.05, 4.69) is 24.9 Å². The van der Waals surface area contributed by atoms with E-state index in [4.69, 9.17) is 112 Å². The highest BCUT2D eigenvalue weighted by molar-refractivity contribution is 6.03. The summed E-state index contributed by atoms with van der Waals surface area (Å²) in [6.45, 7) is -25.5. The van der Waals surface area contributed by atoms with Crippen LogP contribution in [0.2, 0.25) is 0 Å². The van der Waals surface area contributed by atoms with Crippen LogP contribution in [0.25, 0.3) is 54.5 Å². The van der Waals surface area contributed by atoms with Crippen LogP contribution in [-0.2, 0) is 79.8 Å². The molecular formula is C110H95N15O20. The molecule has 5 aromatic heterocycles. The van der Waals surface area contributed by atoms with Crippen molar-refractivity contribution < 1.29 is 167 Å². The number of hydrogen-bond donors (Lipinski definition) is 5. The molecule has 5 N–H and O–H groups in total. The van der Waals surface area contributed by atoms with E-state index in [9.17, 15) is 54.8 Å². The fourth-order valence-corrected chi connectivity index (χ4v) is 18.8. The Labute approximate surface area is 899 Å². The molecular weight excluding hydrogens is 1850 g/mol. The van der Waals surface area contributed by atoms with E-state index < -0.39 is 410 Å². The van der Waals surface area contributed by atoms with Gasteiger partial charge in [0.25, 0.3) is 0 Å². The van der Waals surface area contributed by atoms with Gasteiger partial charge in [-0.1, -0.05) is 121 Å². The van der Waals surface area contributed by atoms with E-state index in [1.165, 1.54) is 18.2 Å². The molecule has 35 heteroatoms. The first-order valence-electron chi connectivity index (χ1n) is 69.5. The minimum Gasteiger partial charge on any atom is -0.454 e. The molecule has 10 atom stereocenters. The Hall–Kier alpha value is -17.4. The highest BCUT2D eigenvalue weighted by atomic mass is 16.7. The van der Waals surface area contributed by atoms with Gasteiger partial charge >= 0.3 is 0 Å². The summed E-state index contributed by atoms with van der Waals surface area (Å²) >= 11 is 0. The van der Waals surface area contributed by atoms with E-state index in [1.807, 2.05) is 0 Å². The largest absolute Gasteiger partial charge is 0.454 e. The lowest BCUT2D eigenvalue weighted by Crippen LogP contribution is -2.62. The van der Waals surface area contributed by atoms with Crippen LogP contribution in [0.3, 0.4) is 0 Å². The number of para-hydroxylation sites is 5. The third-order valence-electron chi connectivity index (χ3n) is 25.3. The molecule has 0 radical (unpaired) electrons. The summed E-state index contributed by atoms with van der Waals surface area (Å²) in [5.74, 6) is -17.6. The second kappa shape index (κ2) is 33.9. The molecule has 35 nitrogen and oxygen atoms in total. The van der Waals surface area contributed by atoms with Crippen molar-refractivity contribution >= 4 is 114 Å². The van der Waals surface area contributed by atoms with Crippen molar-refractivity contribution in [2.24, 2.45) is 0 Å². The van der Waals surface area contributed by atoms with E-state index in [1.54, 1.807) is 72.8 Å². The lowest BCUT2D eigenvalue weighted by Gasteiger charge is -2.46. The van der Waals surface area contributed by atoms with Crippen molar-refractivity contribution in [2.75, 3.05) is 102 Å².